The number of benzene rings is 6. The molecule has 1 aromatic heterocycles. The molecule has 0 radical (unpaired) electrons. The van der Waals surface area contributed by atoms with Gasteiger partial charge in [0.15, 0.2) is 0 Å². The molecule has 2 atom stereocenters. The summed E-state index contributed by atoms with van der Waals surface area (Å²) in [6.07, 6.45) is 10.1. The third-order valence-corrected chi connectivity index (χ3v) is 12.5. The molecule has 0 aliphatic carbocycles. The second kappa shape index (κ2) is 21.4. The van der Waals surface area contributed by atoms with E-state index in [1.165, 1.54) is 33.1 Å². The van der Waals surface area contributed by atoms with E-state index in [0.717, 1.165) is 78.8 Å². The number of likely N-dealkylation sites (tertiary alicyclic amines) is 2. The monoisotopic (exact) mass is 892 g/mol. The van der Waals surface area contributed by atoms with Crippen LogP contribution in [-0.4, -0.2) is 72.1 Å². The molecule has 12 nitrogen and oxygen atoms in total. The summed E-state index contributed by atoms with van der Waals surface area (Å²) in [5.41, 5.74) is 16.8. The van der Waals surface area contributed by atoms with E-state index in [1.54, 1.807) is 24.4 Å². The van der Waals surface area contributed by atoms with E-state index in [1.807, 2.05) is 88.7 Å². The molecule has 0 saturated carbocycles. The highest BCUT2D eigenvalue weighted by molar-refractivity contribution is 5.89. The maximum Gasteiger partial charge on any atom is 0.346 e. The van der Waals surface area contributed by atoms with E-state index in [0.29, 0.717) is 23.5 Å². The number of hydrogen-bond acceptors (Lipinski definition) is 7. The summed E-state index contributed by atoms with van der Waals surface area (Å²) in [5.74, 6) is 5.17. The highest BCUT2D eigenvalue weighted by atomic mass is 16.4. The molecular weight excluding hydrogens is 837 g/mol. The van der Waals surface area contributed by atoms with Gasteiger partial charge in [-0.1, -0.05) is 156 Å². The third-order valence-electron chi connectivity index (χ3n) is 12.5. The predicted octanol–water partition coefficient (Wildman–Crippen LogP) is 10.8. The predicted molar refractivity (Wildman–Crippen MR) is 263 cm³/mol. The van der Waals surface area contributed by atoms with E-state index in [-0.39, 0.29) is 29.7 Å². The van der Waals surface area contributed by atoms with E-state index in [4.69, 9.17) is 11.6 Å². The number of urea groups is 1. The summed E-state index contributed by atoms with van der Waals surface area (Å²) in [6, 6.07) is 51.0. The average molecular weight is 893 g/mol. The molecular formula is C55H56N8O4. The fourth-order valence-corrected chi connectivity index (χ4v) is 8.93. The number of aryl methyl sites for hydroxylation is 1. The summed E-state index contributed by atoms with van der Waals surface area (Å²) >= 11 is 0. The Morgan fingerprint density at radius 2 is 1.28 bits per heavy atom. The number of amides is 3. The van der Waals surface area contributed by atoms with Crippen molar-refractivity contribution in [1.29, 1.82) is 0 Å². The lowest BCUT2D eigenvalue weighted by Crippen LogP contribution is -2.51. The number of nitrogens with zero attached hydrogens (tertiary/aromatic N) is 6. The van der Waals surface area contributed by atoms with Crippen molar-refractivity contribution in [3.8, 4) is 33.5 Å². The van der Waals surface area contributed by atoms with Crippen LogP contribution in [0, 0.1) is 6.92 Å². The Labute approximate surface area is 391 Å². The smallest absolute Gasteiger partial charge is 0.346 e. The first kappa shape index (κ1) is 45.7. The van der Waals surface area contributed by atoms with Crippen molar-refractivity contribution in [3.63, 3.8) is 0 Å². The zero-order valence-electron chi connectivity index (χ0n) is 37.7. The van der Waals surface area contributed by atoms with Crippen LogP contribution in [0.25, 0.3) is 39.2 Å². The standard InChI is InChI=1S/C28H30N4O3.C27H26N4O/c29-26(22-14-12-21(13-15-22)23-9-6-10-24(18-23)27(33)34)19-32(30)28(35)31-16-5-4-11-25(31)17-20-7-2-1-3-8-20;1-20-8-7-11-24(18-20)21-13-15-22(16-14-21)25-19-31(29-28-25)27(32)30-17-6-5-12-26(30)23-9-3-2-4-10-23/h1-3,6-10,12-15,18-19,25H,4-5,11,16-17,29-30H2,(H,33,34);2-4,7-11,13-16,18-19,26H,5-6,12,17H2,1H3/b26-19-;. The minimum absolute atomic E-state index is 0.0821. The largest absolute Gasteiger partial charge is 0.478 e. The van der Waals surface area contributed by atoms with Crippen LogP contribution in [0.15, 0.2) is 170 Å². The summed E-state index contributed by atoms with van der Waals surface area (Å²) in [7, 11) is 0. The summed E-state index contributed by atoms with van der Waals surface area (Å²) in [5, 5.41) is 18.7. The minimum Gasteiger partial charge on any atom is -0.478 e. The Morgan fingerprint density at radius 1 is 0.672 bits per heavy atom. The highest BCUT2D eigenvalue weighted by Gasteiger charge is 2.31. The van der Waals surface area contributed by atoms with Crippen molar-refractivity contribution in [2.24, 2.45) is 11.6 Å². The molecule has 2 saturated heterocycles. The Kier molecular flexibility index (Phi) is 14.6. The fraction of sp³-hybridized carbons (Fsp3) is 0.218. The van der Waals surface area contributed by atoms with Crippen molar-refractivity contribution in [3.05, 3.63) is 198 Å². The van der Waals surface area contributed by atoms with Crippen molar-refractivity contribution in [2.45, 2.75) is 64.0 Å². The zero-order chi connectivity index (χ0) is 46.7. The molecule has 67 heavy (non-hydrogen) atoms. The summed E-state index contributed by atoms with van der Waals surface area (Å²) in [4.78, 5) is 41.5. The molecule has 2 aliphatic rings. The number of hydrogen-bond donors (Lipinski definition) is 3. The van der Waals surface area contributed by atoms with Crippen LogP contribution < -0.4 is 11.6 Å². The van der Waals surface area contributed by atoms with Gasteiger partial charge in [0.2, 0.25) is 0 Å². The van der Waals surface area contributed by atoms with Crippen LogP contribution in [0.2, 0.25) is 0 Å². The van der Waals surface area contributed by atoms with E-state index in [9.17, 15) is 19.5 Å². The average Bonchev–Trinajstić information content (AvgIpc) is 3.88. The molecule has 3 heterocycles. The highest BCUT2D eigenvalue weighted by Crippen LogP contribution is 2.32. The van der Waals surface area contributed by atoms with Gasteiger partial charge in [-0.15, -0.1) is 5.10 Å². The number of nitrogens with two attached hydrogens (primary N) is 2. The minimum atomic E-state index is -0.969. The van der Waals surface area contributed by atoms with Crippen molar-refractivity contribution in [2.75, 3.05) is 13.1 Å². The van der Waals surface area contributed by atoms with Gasteiger partial charge in [-0.2, -0.15) is 4.68 Å². The van der Waals surface area contributed by atoms with Gasteiger partial charge >= 0.3 is 18.0 Å². The second-order valence-electron chi connectivity index (χ2n) is 17.2. The lowest BCUT2D eigenvalue weighted by atomic mass is 9.96. The first-order chi connectivity index (χ1) is 32.6. The zero-order valence-corrected chi connectivity index (χ0v) is 37.7. The van der Waals surface area contributed by atoms with Gasteiger partial charge in [0.25, 0.3) is 0 Å². The maximum absolute atomic E-state index is 13.3. The molecule has 9 rings (SSSR count). The number of piperidine rings is 2. The third kappa shape index (κ3) is 11.3. The van der Waals surface area contributed by atoms with Crippen molar-refractivity contribution in [1.82, 2.24) is 29.8 Å². The first-order valence-corrected chi connectivity index (χ1v) is 22.9. The van der Waals surface area contributed by atoms with Gasteiger partial charge in [0.1, 0.15) is 5.69 Å². The van der Waals surface area contributed by atoms with Gasteiger partial charge in [-0.25, -0.2) is 25.2 Å². The van der Waals surface area contributed by atoms with Crippen LogP contribution in [0.4, 0.5) is 9.59 Å². The quantitative estimate of drug-likeness (QED) is 0.0732. The molecule has 2 fully saturated rings. The van der Waals surface area contributed by atoms with Gasteiger partial charge in [-0.05, 0) is 103 Å². The summed E-state index contributed by atoms with van der Waals surface area (Å²) in [6.45, 7) is 3.50. The van der Waals surface area contributed by atoms with Crippen LogP contribution in [0.5, 0.6) is 0 Å². The summed E-state index contributed by atoms with van der Waals surface area (Å²) < 4.78 is 1.38. The molecule has 0 spiro atoms. The molecule has 12 heteroatoms. The lowest BCUT2D eigenvalue weighted by Gasteiger charge is -2.37. The SMILES string of the molecule is Cc1cccc(-c2ccc(-c3cn(C(=O)N4CCCCC4c4ccccc4)nn3)cc2)c1.N/C(=C\N(N)C(=O)N1CCCCC1Cc1ccccc1)c1ccc(-c2cccc(C(=O)O)c2)cc1. The number of carbonyl (C=O) groups is 3. The maximum atomic E-state index is 13.3. The van der Waals surface area contributed by atoms with E-state index in [2.05, 4.69) is 77.9 Å². The van der Waals surface area contributed by atoms with Crippen LogP contribution >= 0.6 is 0 Å². The molecule has 2 unspecified atom stereocenters. The molecule has 6 aromatic carbocycles. The Hall–Kier alpha value is -7.83. The van der Waals surface area contributed by atoms with Crippen molar-refractivity contribution >= 4 is 23.7 Å². The Morgan fingerprint density at radius 3 is 1.97 bits per heavy atom. The van der Waals surface area contributed by atoms with Gasteiger partial charge < -0.3 is 20.6 Å². The number of aromatic nitrogens is 3. The van der Waals surface area contributed by atoms with Gasteiger partial charge in [0, 0.05) is 30.9 Å². The molecule has 340 valence electrons. The number of hydrazine groups is 1. The molecule has 7 aromatic rings. The number of aromatic carboxylic acids is 1. The molecule has 3 amide bonds. The lowest BCUT2D eigenvalue weighted by molar-refractivity contribution is 0.0696. The van der Waals surface area contributed by atoms with Gasteiger partial charge in [0.05, 0.1) is 23.5 Å². The van der Waals surface area contributed by atoms with E-state index >= 15 is 0 Å². The van der Waals surface area contributed by atoms with E-state index < -0.39 is 5.97 Å². The Balaban J connectivity index is 0.000000182. The first-order valence-electron chi connectivity index (χ1n) is 22.9. The molecule has 5 N–H and O–H groups in total. The Bertz CT molecular complexity index is 2810. The van der Waals surface area contributed by atoms with Gasteiger partial charge in [-0.3, -0.25) is 0 Å². The van der Waals surface area contributed by atoms with Crippen LogP contribution in [0.3, 0.4) is 0 Å². The topological polar surface area (TPSA) is 164 Å². The second-order valence-corrected chi connectivity index (χ2v) is 17.2. The number of rotatable bonds is 9. The number of carboxylic acid groups (broad SMARTS) is 1. The van der Waals surface area contributed by atoms with Crippen LogP contribution in [-0.2, 0) is 6.42 Å². The normalized spacial score (nSPS) is 16.1. The molecule has 0 bridgehead atoms. The number of carboxylic acids is 1. The van der Waals surface area contributed by atoms with Crippen LogP contribution in [0.1, 0.15) is 77.2 Å². The number of carbonyl (C=O) groups excluding carboxylic acids is 2. The fourth-order valence-electron chi connectivity index (χ4n) is 8.93. The molecule has 2 aliphatic heterocycles. The van der Waals surface area contributed by atoms with Crippen molar-refractivity contribution < 1.29 is 19.5 Å².